The predicted molar refractivity (Wildman–Crippen MR) is 196 cm³/mol. The number of hydrogen-bond acceptors (Lipinski definition) is 2. The average molecular weight is 593 g/mol. The van der Waals surface area contributed by atoms with Gasteiger partial charge in [0.15, 0.2) is 0 Å². The van der Waals surface area contributed by atoms with Crippen molar-refractivity contribution in [3.05, 3.63) is 193 Å². The average Bonchev–Trinajstić information content (AvgIpc) is 3.12. The van der Waals surface area contributed by atoms with Gasteiger partial charge in [-0.3, -0.25) is 0 Å². The summed E-state index contributed by atoms with van der Waals surface area (Å²) in [5.74, 6) is 0. The zero-order valence-corrected chi connectivity index (χ0v) is 26.2. The first-order valence-electron chi connectivity index (χ1n) is 15.8. The highest BCUT2D eigenvalue weighted by Crippen LogP contribution is 2.40. The van der Waals surface area contributed by atoms with Gasteiger partial charge in [-0.05, 0) is 109 Å². The molecule has 46 heavy (non-hydrogen) atoms. The molecule has 0 saturated carbocycles. The van der Waals surface area contributed by atoms with E-state index in [1.165, 1.54) is 33.4 Å². The minimum atomic E-state index is 1.10. The van der Waals surface area contributed by atoms with Crippen LogP contribution in [0.3, 0.4) is 0 Å². The zero-order valence-electron chi connectivity index (χ0n) is 26.2. The Balaban J connectivity index is 1.26. The largest absolute Gasteiger partial charge is 0.311 e. The molecule has 0 heterocycles. The van der Waals surface area contributed by atoms with Crippen LogP contribution in [0.1, 0.15) is 11.1 Å². The fourth-order valence-electron chi connectivity index (χ4n) is 5.90. The first-order chi connectivity index (χ1) is 22.6. The van der Waals surface area contributed by atoms with Crippen molar-refractivity contribution in [1.82, 2.24) is 0 Å². The van der Waals surface area contributed by atoms with Crippen molar-refractivity contribution in [3.8, 4) is 22.3 Å². The van der Waals surface area contributed by atoms with Gasteiger partial charge in [0.1, 0.15) is 0 Å². The van der Waals surface area contributed by atoms with Gasteiger partial charge in [-0.15, -0.1) is 0 Å². The van der Waals surface area contributed by atoms with E-state index in [1.54, 1.807) is 0 Å². The van der Waals surface area contributed by atoms with Gasteiger partial charge in [-0.2, -0.15) is 0 Å². The van der Waals surface area contributed by atoms with Crippen LogP contribution in [0.4, 0.5) is 34.1 Å². The zero-order chi connectivity index (χ0) is 31.3. The molecule has 0 unspecified atom stereocenters. The molecule has 0 aliphatic carbocycles. The number of rotatable bonds is 8. The molecule has 0 fully saturated rings. The molecule has 0 radical (unpaired) electrons. The third kappa shape index (κ3) is 6.20. The summed E-state index contributed by atoms with van der Waals surface area (Å²) >= 11 is 0. The predicted octanol–water partition coefficient (Wildman–Crippen LogP) is 12.6. The van der Waals surface area contributed by atoms with Crippen molar-refractivity contribution in [1.29, 1.82) is 0 Å². The van der Waals surface area contributed by atoms with Crippen LogP contribution < -0.4 is 9.80 Å². The highest BCUT2D eigenvalue weighted by Gasteiger charge is 2.16. The van der Waals surface area contributed by atoms with Crippen LogP contribution in [-0.4, -0.2) is 0 Å². The van der Waals surface area contributed by atoms with Crippen LogP contribution in [0.2, 0.25) is 0 Å². The molecule has 0 aliphatic rings. The Morgan fingerprint density at radius 3 is 0.739 bits per heavy atom. The Bertz CT molecular complexity index is 1840. The maximum absolute atomic E-state index is 2.32. The van der Waals surface area contributed by atoms with E-state index in [1.807, 2.05) is 0 Å². The van der Waals surface area contributed by atoms with E-state index in [4.69, 9.17) is 0 Å². The molecular weight excluding hydrogens is 556 g/mol. The lowest BCUT2D eigenvalue weighted by atomic mass is 10.0. The Labute approximate surface area is 272 Å². The number of aryl methyl sites for hydroxylation is 2. The van der Waals surface area contributed by atoms with Crippen molar-refractivity contribution in [2.45, 2.75) is 13.8 Å². The van der Waals surface area contributed by atoms with E-state index >= 15 is 0 Å². The van der Waals surface area contributed by atoms with Crippen LogP contribution in [0, 0.1) is 13.8 Å². The molecule has 7 aromatic rings. The van der Waals surface area contributed by atoms with Gasteiger partial charge in [0.2, 0.25) is 0 Å². The molecule has 0 N–H and O–H groups in total. The second-order valence-corrected chi connectivity index (χ2v) is 11.7. The Hall–Kier alpha value is -5.86. The summed E-state index contributed by atoms with van der Waals surface area (Å²) in [5, 5.41) is 0. The summed E-state index contributed by atoms with van der Waals surface area (Å²) in [4.78, 5) is 4.64. The van der Waals surface area contributed by atoms with Crippen LogP contribution in [0.5, 0.6) is 0 Å². The van der Waals surface area contributed by atoms with Crippen molar-refractivity contribution in [2.24, 2.45) is 0 Å². The molecule has 0 amide bonds. The highest BCUT2D eigenvalue weighted by molar-refractivity contribution is 5.82. The van der Waals surface area contributed by atoms with Crippen molar-refractivity contribution < 1.29 is 0 Å². The quantitative estimate of drug-likeness (QED) is 0.173. The fourth-order valence-corrected chi connectivity index (χ4v) is 5.90. The molecule has 7 rings (SSSR count). The van der Waals surface area contributed by atoms with Crippen LogP contribution >= 0.6 is 0 Å². The van der Waals surface area contributed by atoms with Crippen molar-refractivity contribution in [3.63, 3.8) is 0 Å². The molecule has 0 aromatic heterocycles. The summed E-state index contributed by atoms with van der Waals surface area (Å²) in [6.07, 6.45) is 0. The van der Waals surface area contributed by atoms with Crippen molar-refractivity contribution in [2.75, 3.05) is 9.80 Å². The topological polar surface area (TPSA) is 6.48 Å². The maximum Gasteiger partial charge on any atom is 0.0463 e. The Morgan fingerprint density at radius 2 is 0.457 bits per heavy atom. The van der Waals surface area contributed by atoms with E-state index in [0.29, 0.717) is 0 Å². The summed E-state index contributed by atoms with van der Waals surface area (Å²) in [6.45, 7) is 4.26. The third-order valence-electron chi connectivity index (χ3n) is 8.42. The van der Waals surface area contributed by atoms with Gasteiger partial charge >= 0.3 is 0 Å². The van der Waals surface area contributed by atoms with Gasteiger partial charge in [-0.1, -0.05) is 120 Å². The van der Waals surface area contributed by atoms with Crippen molar-refractivity contribution >= 4 is 34.1 Å². The standard InChI is InChI=1S/C44H36N2/c1-33-13-21-39(22-14-33)45(41-25-17-37(18-26-41)35-9-5-3-6-10-35)43-29-31-44(32-30-43)46(40-23-15-34(2)16-24-40)42-27-19-38(20-28-42)36-11-7-4-8-12-36/h3-32H,1-2H3. The lowest BCUT2D eigenvalue weighted by molar-refractivity contribution is 1.25. The molecule has 0 aliphatic heterocycles. The molecule has 0 atom stereocenters. The summed E-state index contributed by atoms with van der Waals surface area (Å²) < 4.78 is 0. The highest BCUT2D eigenvalue weighted by atomic mass is 15.2. The molecule has 222 valence electrons. The molecule has 0 bridgehead atoms. The molecule has 2 nitrogen and oxygen atoms in total. The molecule has 0 saturated heterocycles. The number of anilines is 6. The monoisotopic (exact) mass is 592 g/mol. The maximum atomic E-state index is 2.32. The van der Waals surface area contributed by atoms with Crippen LogP contribution in [0.25, 0.3) is 22.3 Å². The molecule has 2 heteroatoms. The second-order valence-electron chi connectivity index (χ2n) is 11.7. The summed E-state index contributed by atoms with van der Waals surface area (Å²) in [5.41, 5.74) is 14.0. The molecular formula is C44H36N2. The molecule has 0 spiro atoms. The molecule has 7 aromatic carbocycles. The fraction of sp³-hybridized carbons (Fsp3) is 0.0455. The minimum absolute atomic E-state index is 1.10. The van der Waals surface area contributed by atoms with Gasteiger partial charge in [0, 0.05) is 34.1 Å². The van der Waals surface area contributed by atoms with Crippen LogP contribution in [0.15, 0.2) is 182 Å². The van der Waals surface area contributed by atoms with E-state index in [-0.39, 0.29) is 0 Å². The van der Waals surface area contributed by atoms with E-state index < -0.39 is 0 Å². The van der Waals surface area contributed by atoms with Gasteiger partial charge in [0.05, 0.1) is 0 Å². The van der Waals surface area contributed by atoms with E-state index in [0.717, 1.165) is 34.1 Å². The summed E-state index contributed by atoms with van der Waals surface area (Å²) in [6, 6.07) is 65.1. The minimum Gasteiger partial charge on any atom is -0.311 e. The van der Waals surface area contributed by atoms with E-state index in [9.17, 15) is 0 Å². The van der Waals surface area contributed by atoms with Crippen LogP contribution in [-0.2, 0) is 0 Å². The number of hydrogen-bond donors (Lipinski definition) is 0. The number of benzene rings is 7. The Kier molecular flexibility index (Phi) is 8.17. The van der Waals surface area contributed by atoms with Gasteiger partial charge < -0.3 is 9.80 Å². The second kappa shape index (κ2) is 13.0. The normalized spacial score (nSPS) is 10.8. The Morgan fingerprint density at radius 1 is 0.239 bits per heavy atom. The van der Waals surface area contributed by atoms with E-state index in [2.05, 4.69) is 206 Å². The first-order valence-corrected chi connectivity index (χ1v) is 15.8. The van der Waals surface area contributed by atoms with Gasteiger partial charge in [0.25, 0.3) is 0 Å². The lowest BCUT2D eigenvalue weighted by Crippen LogP contribution is -2.12. The summed E-state index contributed by atoms with van der Waals surface area (Å²) in [7, 11) is 0. The number of nitrogens with zero attached hydrogens (tertiary/aromatic N) is 2. The third-order valence-corrected chi connectivity index (χ3v) is 8.42. The smallest absolute Gasteiger partial charge is 0.0463 e. The first kappa shape index (κ1) is 28.9. The lowest BCUT2D eigenvalue weighted by Gasteiger charge is -2.28. The SMILES string of the molecule is Cc1ccc(N(c2ccc(-c3ccccc3)cc2)c2ccc(N(c3ccc(C)cc3)c3ccc(-c4ccccc4)cc3)cc2)cc1. The van der Waals surface area contributed by atoms with Gasteiger partial charge in [-0.25, -0.2) is 0 Å².